The van der Waals surface area contributed by atoms with Crippen molar-refractivity contribution in [2.45, 2.75) is 17.7 Å². The van der Waals surface area contributed by atoms with Crippen molar-refractivity contribution in [3.63, 3.8) is 0 Å². The van der Waals surface area contributed by atoms with Gasteiger partial charge in [-0.15, -0.1) is 0 Å². The highest BCUT2D eigenvalue weighted by molar-refractivity contribution is 7.89. The van der Waals surface area contributed by atoms with E-state index in [2.05, 4.69) is 0 Å². The van der Waals surface area contributed by atoms with Gasteiger partial charge in [-0.3, -0.25) is 4.84 Å². The Hall–Kier alpha value is -1.90. The highest BCUT2D eigenvalue weighted by Crippen LogP contribution is 2.30. The van der Waals surface area contributed by atoms with Gasteiger partial charge in [-0.2, -0.15) is 13.2 Å². The van der Waals surface area contributed by atoms with Crippen LogP contribution in [0, 0.1) is 0 Å². The molecule has 0 saturated carbocycles. The molecule has 1 N–H and O–H groups in total. The first-order valence-electron chi connectivity index (χ1n) is 6.14. The quantitative estimate of drug-likeness (QED) is 0.857. The molecule has 0 heterocycles. The summed E-state index contributed by atoms with van der Waals surface area (Å²) in [6, 6.07) is 12.2. The van der Waals surface area contributed by atoms with E-state index in [0.717, 1.165) is 18.2 Å². The lowest BCUT2D eigenvalue weighted by Crippen LogP contribution is -2.24. The second-order valence-electron chi connectivity index (χ2n) is 4.39. The van der Waals surface area contributed by atoms with E-state index in [1.807, 2.05) is 4.89 Å². The number of halogens is 3. The number of benzene rings is 2. The molecule has 0 spiro atoms. The lowest BCUT2D eigenvalue weighted by molar-refractivity contribution is -0.137. The largest absolute Gasteiger partial charge is 0.416 e. The van der Waals surface area contributed by atoms with E-state index < -0.39 is 26.7 Å². The standard InChI is InChI=1S/C14H12F3NO3S/c15-14(16,17)12-7-4-8-13(9-12)22(19,20)18-21-10-11-5-2-1-3-6-11/h1-9,18H,10H2. The van der Waals surface area contributed by atoms with Crippen molar-refractivity contribution in [3.8, 4) is 0 Å². The summed E-state index contributed by atoms with van der Waals surface area (Å²) in [5, 5.41) is 0. The van der Waals surface area contributed by atoms with Crippen LogP contribution in [0.15, 0.2) is 59.5 Å². The number of rotatable bonds is 5. The van der Waals surface area contributed by atoms with Gasteiger partial charge in [-0.1, -0.05) is 41.3 Å². The van der Waals surface area contributed by atoms with Crippen LogP contribution in [0.3, 0.4) is 0 Å². The minimum atomic E-state index is -4.61. The Balaban J connectivity index is 2.07. The zero-order valence-corrected chi connectivity index (χ0v) is 12.0. The Bertz CT molecular complexity index is 730. The first kappa shape index (κ1) is 16.5. The van der Waals surface area contributed by atoms with Crippen LogP contribution in [0.25, 0.3) is 0 Å². The molecule has 0 aromatic heterocycles. The zero-order chi connectivity index (χ0) is 16.2. The fraction of sp³-hybridized carbons (Fsp3) is 0.143. The van der Waals surface area contributed by atoms with Gasteiger partial charge in [-0.05, 0) is 23.8 Å². The lowest BCUT2D eigenvalue weighted by Gasteiger charge is -2.10. The number of alkyl halides is 3. The molecule has 0 aliphatic rings. The first-order valence-corrected chi connectivity index (χ1v) is 7.62. The normalized spacial score (nSPS) is 12.3. The summed E-state index contributed by atoms with van der Waals surface area (Å²) in [5.74, 6) is 0. The van der Waals surface area contributed by atoms with E-state index in [9.17, 15) is 21.6 Å². The van der Waals surface area contributed by atoms with Crippen LogP contribution in [0.4, 0.5) is 13.2 Å². The average molecular weight is 331 g/mol. The fourth-order valence-corrected chi connectivity index (χ4v) is 2.50. The van der Waals surface area contributed by atoms with Crippen LogP contribution < -0.4 is 4.89 Å². The Labute approximate surface area is 125 Å². The minimum Gasteiger partial charge on any atom is -0.282 e. The molecular weight excluding hydrogens is 319 g/mol. The molecule has 0 fully saturated rings. The molecule has 2 aromatic carbocycles. The van der Waals surface area contributed by atoms with E-state index in [0.29, 0.717) is 11.6 Å². The predicted octanol–water partition coefficient (Wildman–Crippen LogP) is 3.12. The smallest absolute Gasteiger partial charge is 0.282 e. The molecule has 0 bridgehead atoms. The summed E-state index contributed by atoms with van der Waals surface area (Å²) in [4.78, 5) is 6.13. The van der Waals surface area contributed by atoms with Gasteiger partial charge in [-0.25, -0.2) is 8.42 Å². The van der Waals surface area contributed by atoms with Crippen molar-refractivity contribution in [2.75, 3.05) is 0 Å². The van der Waals surface area contributed by atoms with Gasteiger partial charge in [0.2, 0.25) is 0 Å². The molecule has 8 heteroatoms. The van der Waals surface area contributed by atoms with E-state index >= 15 is 0 Å². The second kappa shape index (κ2) is 6.47. The molecule has 2 rings (SSSR count). The molecule has 118 valence electrons. The molecule has 0 amide bonds. The van der Waals surface area contributed by atoms with Crippen molar-refractivity contribution < 1.29 is 26.4 Å². The first-order chi connectivity index (χ1) is 10.3. The second-order valence-corrected chi connectivity index (χ2v) is 6.03. The van der Waals surface area contributed by atoms with Crippen LogP contribution in [0.5, 0.6) is 0 Å². The van der Waals surface area contributed by atoms with Gasteiger partial charge in [0, 0.05) is 0 Å². The molecule has 2 aromatic rings. The summed E-state index contributed by atoms with van der Waals surface area (Å²) in [7, 11) is -4.19. The molecule has 0 aliphatic heterocycles. The van der Waals surface area contributed by atoms with Gasteiger partial charge in [0.15, 0.2) is 0 Å². The van der Waals surface area contributed by atoms with Crippen LogP contribution in [-0.4, -0.2) is 8.42 Å². The summed E-state index contributed by atoms with van der Waals surface area (Å²) < 4.78 is 61.5. The molecule has 22 heavy (non-hydrogen) atoms. The molecule has 0 atom stereocenters. The van der Waals surface area contributed by atoms with Crippen molar-refractivity contribution in [2.24, 2.45) is 0 Å². The van der Waals surface area contributed by atoms with Gasteiger partial charge in [0.1, 0.15) is 0 Å². The third kappa shape index (κ3) is 4.30. The molecule has 0 saturated heterocycles. The average Bonchev–Trinajstić information content (AvgIpc) is 2.47. The highest BCUT2D eigenvalue weighted by atomic mass is 32.2. The number of nitrogens with one attached hydrogen (secondary N) is 1. The number of sulfonamides is 1. The van der Waals surface area contributed by atoms with E-state index in [1.54, 1.807) is 30.3 Å². The number of hydrogen-bond donors (Lipinski definition) is 1. The van der Waals surface area contributed by atoms with Crippen molar-refractivity contribution in [1.82, 2.24) is 4.89 Å². The summed E-state index contributed by atoms with van der Waals surface area (Å²) in [5.41, 5.74) is -0.326. The molecule has 0 unspecified atom stereocenters. The lowest BCUT2D eigenvalue weighted by atomic mass is 10.2. The van der Waals surface area contributed by atoms with Crippen LogP contribution in [-0.2, 0) is 27.6 Å². The Morgan fingerprint density at radius 3 is 2.32 bits per heavy atom. The van der Waals surface area contributed by atoms with Gasteiger partial charge in [0.25, 0.3) is 10.0 Å². The highest BCUT2D eigenvalue weighted by Gasteiger charge is 2.31. The maximum atomic E-state index is 12.6. The van der Waals surface area contributed by atoms with Crippen LogP contribution in [0.1, 0.15) is 11.1 Å². The Kier molecular flexibility index (Phi) is 4.84. The van der Waals surface area contributed by atoms with Crippen LogP contribution >= 0.6 is 0 Å². The third-order valence-corrected chi connectivity index (χ3v) is 3.93. The summed E-state index contributed by atoms with van der Waals surface area (Å²) in [6.07, 6.45) is -4.61. The van der Waals surface area contributed by atoms with Gasteiger partial charge in [0.05, 0.1) is 17.1 Å². The summed E-state index contributed by atoms with van der Waals surface area (Å²) in [6.45, 7) is -0.0426. The summed E-state index contributed by atoms with van der Waals surface area (Å²) >= 11 is 0. The molecular formula is C14H12F3NO3S. The Morgan fingerprint density at radius 1 is 1.00 bits per heavy atom. The van der Waals surface area contributed by atoms with Crippen LogP contribution in [0.2, 0.25) is 0 Å². The monoisotopic (exact) mass is 331 g/mol. The Morgan fingerprint density at radius 2 is 1.68 bits per heavy atom. The van der Waals surface area contributed by atoms with Gasteiger partial charge < -0.3 is 0 Å². The van der Waals surface area contributed by atoms with Gasteiger partial charge >= 0.3 is 6.18 Å². The topological polar surface area (TPSA) is 55.4 Å². The van der Waals surface area contributed by atoms with E-state index in [1.165, 1.54) is 0 Å². The third-order valence-electron chi connectivity index (χ3n) is 2.72. The molecule has 4 nitrogen and oxygen atoms in total. The SMILES string of the molecule is O=S(=O)(NOCc1ccccc1)c1cccc(C(F)(F)F)c1. The van der Waals surface area contributed by atoms with Crippen molar-refractivity contribution >= 4 is 10.0 Å². The van der Waals surface area contributed by atoms with E-state index in [-0.39, 0.29) is 6.61 Å². The fourth-order valence-electron chi connectivity index (χ4n) is 1.65. The maximum absolute atomic E-state index is 12.6. The predicted molar refractivity (Wildman–Crippen MR) is 73.0 cm³/mol. The maximum Gasteiger partial charge on any atom is 0.416 e. The molecule has 0 radical (unpaired) electrons. The zero-order valence-electron chi connectivity index (χ0n) is 11.2. The van der Waals surface area contributed by atoms with Crippen molar-refractivity contribution in [1.29, 1.82) is 0 Å². The van der Waals surface area contributed by atoms with E-state index in [4.69, 9.17) is 4.84 Å². The van der Waals surface area contributed by atoms with Crippen molar-refractivity contribution in [3.05, 3.63) is 65.7 Å². The minimum absolute atomic E-state index is 0.0426. The molecule has 0 aliphatic carbocycles. The number of hydrogen-bond acceptors (Lipinski definition) is 3.